The third-order valence-corrected chi connectivity index (χ3v) is 8.20. The van der Waals surface area contributed by atoms with Crippen LogP contribution in [-0.2, 0) is 14.3 Å². The minimum absolute atomic E-state index is 0. The number of carbonyl (C=O) groups excluding carboxylic acids is 2. The van der Waals surface area contributed by atoms with Gasteiger partial charge in [-0.1, -0.05) is 194 Å². The van der Waals surface area contributed by atoms with Crippen molar-refractivity contribution in [3.05, 3.63) is 0 Å². The van der Waals surface area contributed by atoms with Crippen LogP contribution in [0.4, 0.5) is 0 Å². The number of rotatable bonds is 32. The Morgan fingerprint density at radius 3 is 0.700 bits per heavy atom. The molecule has 0 aromatic carbocycles. The summed E-state index contributed by atoms with van der Waals surface area (Å²) < 4.78 is 5.01. The van der Waals surface area contributed by atoms with Crippen molar-refractivity contribution in [1.82, 2.24) is 0 Å². The van der Waals surface area contributed by atoms with Gasteiger partial charge in [-0.25, -0.2) is 0 Å². The summed E-state index contributed by atoms with van der Waals surface area (Å²) in [6, 6.07) is 0. The van der Waals surface area contributed by atoms with Crippen molar-refractivity contribution in [2.75, 3.05) is 0 Å². The van der Waals surface area contributed by atoms with E-state index in [1.54, 1.807) is 0 Å². The molecule has 0 saturated carbocycles. The average molecular weight is 593 g/mol. The molecule has 40 heavy (non-hydrogen) atoms. The summed E-state index contributed by atoms with van der Waals surface area (Å²) in [4.78, 5) is 23.8. The van der Waals surface area contributed by atoms with Gasteiger partial charge in [0.05, 0.1) is 0 Å². The van der Waals surface area contributed by atoms with Crippen LogP contribution in [0.2, 0.25) is 0 Å². The Morgan fingerprint density at radius 2 is 0.500 bits per heavy atom. The molecule has 0 saturated heterocycles. The van der Waals surface area contributed by atoms with E-state index in [2.05, 4.69) is 13.8 Å². The zero-order chi connectivity index (χ0) is 28.5. The van der Waals surface area contributed by atoms with Gasteiger partial charge in [-0.05, 0) is 12.8 Å². The SMILES string of the molecule is CCCCCCCCCCCCCCCCCC(=O)OC(=O)CCCCCCCCCCCCCCCCC.[CaH2]. The fourth-order valence-corrected chi connectivity index (χ4v) is 5.51. The van der Waals surface area contributed by atoms with E-state index in [0.29, 0.717) is 12.8 Å². The van der Waals surface area contributed by atoms with E-state index in [0.717, 1.165) is 25.7 Å². The van der Waals surface area contributed by atoms with E-state index in [4.69, 9.17) is 4.74 Å². The predicted octanol–water partition coefficient (Wildman–Crippen LogP) is 11.7. The molecule has 0 aromatic rings. The monoisotopic (exact) mass is 593 g/mol. The van der Waals surface area contributed by atoms with Gasteiger partial charge in [0.1, 0.15) is 0 Å². The van der Waals surface area contributed by atoms with E-state index < -0.39 is 0 Å². The number of ether oxygens (including phenoxy) is 1. The zero-order valence-corrected chi connectivity index (χ0v) is 26.9. The molecule has 0 bridgehead atoms. The van der Waals surface area contributed by atoms with Crippen molar-refractivity contribution in [2.45, 2.75) is 219 Å². The standard InChI is InChI=1S/C36H70O3.Ca.2H/c1-3-5-7-9-11-13-15-17-19-21-23-25-27-29-31-33-35(37)39-36(38)34-32-30-28-26-24-22-20-18-16-14-12-10-8-6-4-2;;;/h3-34H2,1-2H3;;;. The van der Waals surface area contributed by atoms with Crippen LogP contribution < -0.4 is 0 Å². The molecule has 3 nitrogen and oxygen atoms in total. The van der Waals surface area contributed by atoms with Gasteiger partial charge in [0.25, 0.3) is 0 Å². The summed E-state index contributed by atoms with van der Waals surface area (Å²) in [5.74, 6) is -0.647. The van der Waals surface area contributed by atoms with Gasteiger partial charge < -0.3 is 4.74 Å². The molecule has 0 aliphatic heterocycles. The second-order valence-electron chi connectivity index (χ2n) is 12.2. The number of carbonyl (C=O) groups is 2. The van der Waals surface area contributed by atoms with Crippen LogP contribution in [0.15, 0.2) is 0 Å². The second-order valence-corrected chi connectivity index (χ2v) is 12.2. The van der Waals surface area contributed by atoms with Crippen LogP contribution in [0, 0.1) is 0 Å². The first-order valence-electron chi connectivity index (χ1n) is 17.9. The van der Waals surface area contributed by atoms with Crippen LogP contribution >= 0.6 is 0 Å². The quantitative estimate of drug-likeness (QED) is 0.0338. The summed E-state index contributed by atoms with van der Waals surface area (Å²) in [7, 11) is 0. The first-order valence-corrected chi connectivity index (χ1v) is 17.9. The Bertz CT molecular complexity index is 464. The molecule has 0 aromatic heterocycles. The van der Waals surface area contributed by atoms with Gasteiger partial charge in [-0.2, -0.15) is 0 Å². The van der Waals surface area contributed by atoms with Crippen molar-refractivity contribution in [3.8, 4) is 0 Å². The Balaban J connectivity index is 0. The van der Waals surface area contributed by atoms with E-state index in [1.807, 2.05) is 0 Å². The van der Waals surface area contributed by atoms with E-state index in [1.165, 1.54) is 167 Å². The van der Waals surface area contributed by atoms with Gasteiger partial charge in [-0.3, -0.25) is 9.59 Å². The van der Waals surface area contributed by atoms with Gasteiger partial charge >= 0.3 is 49.7 Å². The summed E-state index contributed by atoms with van der Waals surface area (Å²) >= 11 is 0. The summed E-state index contributed by atoms with van der Waals surface area (Å²) in [5, 5.41) is 0. The number of esters is 2. The Morgan fingerprint density at radius 1 is 0.325 bits per heavy atom. The van der Waals surface area contributed by atoms with Crippen LogP contribution in [-0.4, -0.2) is 49.7 Å². The predicted molar refractivity (Wildman–Crippen MR) is 179 cm³/mol. The number of unbranched alkanes of at least 4 members (excludes halogenated alkanes) is 28. The number of hydrogen-bond donors (Lipinski definition) is 0. The number of hydrogen-bond acceptors (Lipinski definition) is 3. The minimum atomic E-state index is -0.323. The fourth-order valence-electron chi connectivity index (χ4n) is 5.51. The van der Waals surface area contributed by atoms with Gasteiger partial charge in [0.15, 0.2) is 0 Å². The molecule has 0 aliphatic rings. The van der Waals surface area contributed by atoms with Gasteiger partial charge in [-0.15, -0.1) is 0 Å². The summed E-state index contributed by atoms with van der Waals surface area (Å²) in [5.41, 5.74) is 0. The van der Waals surface area contributed by atoms with Gasteiger partial charge in [0.2, 0.25) is 0 Å². The molecule has 0 radical (unpaired) electrons. The van der Waals surface area contributed by atoms with E-state index in [9.17, 15) is 9.59 Å². The molecular weight excluding hydrogens is 520 g/mol. The zero-order valence-electron chi connectivity index (χ0n) is 26.9. The molecule has 4 heteroatoms. The van der Waals surface area contributed by atoms with Crippen LogP contribution in [0.3, 0.4) is 0 Å². The second kappa shape index (κ2) is 37.4. The summed E-state index contributed by atoms with van der Waals surface area (Å²) in [6.07, 6.45) is 40.1. The van der Waals surface area contributed by atoms with Crippen LogP contribution in [0.25, 0.3) is 0 Å². The van der Waals surface area contributed by atoms with Crippen molar-refractivity contribution < 1.29 is 14.3 Å². The molecule has 0 atom stereocenters. The normalized spacial score (nSPS) is 10.9. The molecule has 0 rings (SSSR count). The first-order chi connectivity index (χ1) is 19.2. The Hall–Kier alpha value is 0.400. The summed E-state index contributed by atoms with van der Waals surface area (Å²) in [6.45, 7) is 4.55. The van der Waals surface area contributed by atoms with E-state index >= 15 is 0 Å². The van der Waals surface area contributed by atoms with Gasteiger partial charge in [0, 0.05) is 12.8 Å². The topological polar surface area (TPSA) is 43.4 Å². The Labute approximate surface area is 281 Å². The molecule has 0 unspecified atom stereocenters. The maximum atomic E-state index is 11.9. The average Bonchev–Trinajstić information content (AvgIpc) is 2.93. The molecule has 0 heterocycles. The molecule has 0 spiro atoms. The van der Waals surface area contributed by atoms with Crippen molar-refractivity contribution in [2.24, 2.45) is 0 Å². The molecular formula is C36H72CaO3. The molecule has 0 amide bonds. The molecule has 236 valence electrons. The fraction of sp³-hybridized carbons (Fsp3) is 0.944. The van der Waals surface area contributed by atoms with Crippen molar-refractivity contribution in [1.29, 1.82) is 0 Å². The van der Waals surface area contributed by atoms with Crippen LogP contribution in [0.1, 0.15) is 219 Å². The van der Waals surface area contributed by atoms with Crippen molar-refractivity contribution in [3.63, 3.8) is 0 Å². The third-order valence-electron chi connectivity index (χ3n) is 8.20. The third kappa shape index (κ3) is 36.4. The Kier molecular flexibility index (Phi) is 39.8. The molecule has 0 aliphatic carbocycles. The first kappa shape index (κ1) is 42.5. The molecule has 0 N–H and O–H groups in total. The van der Waals surface area contributed by atoms with Crippen molar-refractivity contribution >= 4 is 49.7 Å². The maximum absolute atomic E-state index is 11.9. The molecule has 0 fully saturated rings. The van der Waals surface area contributed by atoms with Crippen LogP contribution in [0.5, 0.6) is 0 Å². The van der Waals surface area contributed by atoms with E-state index in [-0.39, 0.29) is 49.7 Å².